The van der Waals surface area contributed by atoms with Gasteiger partial charge in [-0.3, -0.25) is 4.79 Å². The summed E-state index contributed by atoms with van der Waals surface area (Å²) in [4.78, 5) is 23.6. The molecule has 3 amide bonds. The van der Waals surface area contributed by atoms with Crippen LogP contribution in [0.5, 0.6) is 5.75 Å². The van der Waals surface area contributed by atoms with E-state index in [0.717, 1.165) is 62.5 Å². The number of rotatable bonds is 22. The minimum atomic E-state index is -0.0343. The molecule has 11 heteroatoms. The third kappa shape index (κ3) is 11.8. The molecule has 4 rings (SSSR count). The molecule has 0 radical (unpaired) electrons. The number of aromatic nitrogens is 3. The number of benzene rings is 1. The van der Waals surface area contributed by atoms with E-state index in [2.05, 4.69) is 26.3 Å². The number of para-hydroxylation sites is 1. The highest BCUT2D eigenvalue weighted by Gasteiger charge is 2.42. The fraction of sp³-hybridized carbons (Fsp3) is 0.677. The number of urea groups is 1. The molecule has 1 aromatic heterocycles. The maximum absolute atomic E-state index is 12.1. The van der Waals surface area contributed by atoms with Crippen molar-refractivity contribution in [3.63, 3.8) is 0 Å². The van der Waals surface area contributed by atoms with Crippen molar-refractivity contribution in [1.29, 1.82) is 0 Å². The maximum Gasteiger partial charge on any atom is 0.315 e. The molecule has 3 heterocycles. The molecule has 2 aromatic rings. The van der Waals surface area contributed by atoms with Gasteiger partial charge >= 0.3 is 6.03 Å². The van der Waals surface area contributed by atoms with Crippen molar-refractivity contribution >= 4 is 23.7 Å². The van der Waals surface area contributed by atoms with Crippen LogP contribution in [-0.4, -0.2) is 69.8 Å². The van der Waals surface area contributed by atoms with Crippen LogP contribution < -0.4 is 20.7 Å². The van der Waals surface area contributed by atoms with E-state index in [1.54, 1.807) is 4.68 Å². The molecule has 3 N–H and O–H groups in total. The van der Waals surface area contributed by atoms with E-state index in [0.29, 0.717) is 31.4 Å². The standard InChI is InChI=1S/C31H48N6O4S/c38-29(17-11-10-16-28-30-27(24-42-28)33-31(39)34-30)32-18-12-5-3-1-2-4-6-13-20-40-23-25-22-37(36-35-25)19-21-41-26-14-8-7-9-15-26/h7-9,14-15,22,27-28,30H,1-6,10-13,16-21,23-24H2,(H,32,38)(H2,33,34,39)/t27-,28-,30-/m0/s1. The predicted molar refractivity (Wildman–Crippen MR) is 166 cm³/mol. The van der Waals surface area contributed by atoms with Crippen LogP contribution in [0.2, 0.25) is 0 Å². The van der Waals surface area contributed by atoms with E-state index in [9.17, 15) is 9.59 Å². The Morgan fingerprint density at radius 2 is 1.76 bits per heavy atom. The zero-order valence-corrected chi connectivity index (χ0v) is 25.6. The van der Waals surface area contributed by atoms with E-state index in [1.165, 1.54) is 38.5 Å². The summed E-state index contributed by atoms with van der Waals surface area (Å²) < 4.78 is 13.3. The third-order valence-electron chi connectivity index (χ3n) is 7.79. The van der Waals surface area contributed by atoms with Gasteiger partial charge in [0, 0.05) is 30.6 Å². The third-order valence-corrected chi connectivity index (χ3v) is 9.30. The summed E-state index contributed by atoms with van der Waals surface area (Å²) >= 11 is 1.94. The van der Waals surface area contributed by atoms with Crippen molar-refractivity contribution in [2.75, 3.05) is 25.5 Å². The van der Waals surface area contributed by atoms with Crippen LogP contribution in [0.25, 0.3) is 0 Å². The number of carbonyl (C=O) groups excluding carboxylic acids is 2. The zero-order valence-electron chi connectivity index (χ0n) is 24.8. The van der Waals surface area contributed by atoms with Crippen molar-refractivity contribution in [2.24, 2.45) is 0 Å². The van der Waals surface area contributed by atoms with E-state index in [4.69, 9.17) is 9.47 Å². The van der Waals surface area contributed by atoms with Gasteiger partial charge in [-0.15, -0.1) is 5.10 Å². The second-order valence-corrected chi connectivity index (χ2v) is 12.5. The second kappa shape index (κ2) is 18.7. The van der Waals surface area contributed by atoms with Gasteiger partial charge in [0.2, 0.25) is 5.91 Å². The Morgan fingerprint density at radius 3 is 2.60 bits per heavy atom. The summed E-state index contributed by atoms with van der Waals surface area (Å²) in [6.07, 6.45) is 15.0. The normalized spacial score (nSPS) is 19.3. The van der Waals surface area contributed by atoms with Crippen LogP contribution in [-0.2, 0) is 22.7 Å². The Hall–Kier alpha value is -2.79. The largest absolute Gasteiger partial charge is 0.492 e. The first-order chi connectivity index (χ1) is 20.7. The summed E-state index contributed by atoms with van der Waals surface area (Å²) in [5.41, 5.74) is 0.849. The van der Waals surface area contributed by atoms with Crippen molar-refractivity contribution < 1.29 is 19.1 Å². The zero-order chi connectivity index (χ0) is 29.2. The lowest BCUT2D eigenvalue weighted by Gasteiger charge is -2.16. The van der Waals surface area contributed by atoms with Gasteiger partial charge in [-0.2, -0.15) is 11.8 Å². The minimum Gasteiger partial charge on any atom is -0.492 e. The molecule has 42 heavy (non-hydrogen) atoms. The van der Waals surface area contributed by atoms with Crippen LogP contribution in [0.15, 0.2) is 36.5 Å². The first-order valence-corrected chi connectivity index (χ1v) is 16.8. The van der Waals surface area contributed by atoms with Crippen molar-refractivity contribution in [1.82, 2.24) is 30.9 Å². The predicted octanol–water partition coefficient (Wildman–Crippen LogP) is 4.84. The smallest absolute Gasteiger partial charge is 0.315 e. The number of fused-ring (bicyclic) bond motifs is 1. The summed E-state index contributed by atoms with van der Waals surface area (Å²) in [6.45, 7) is 3.23. The van der Waals surface area contributed by atoms with E-state index in [1.807, 2.05) is 48.3 Å². The molecule has 0 aliphatic carbocycles. The topological polar surface area (TPSA) is 119 Å². The van der Waals surface area contributed by atoms with Crippen molar-refractivity contribution in [3.05, 3.63) is 42.2 Å². The van der Waals surface area contributed by atoms with Crippen LogP contribution in [0.1, 0.15) is 82.7 Å². The average Bonchev–Trinajstić information content (AvgIpc) is 3.70. The van der Waals surface area contributed by atoms with Gasteiger partial charge in [0.15, 0.2) is 0 Å². The van der Waals surface area contributed by atoms with E-state index >= 15 is 0 Å². The first-order valence-electron chi connectivity index (χ1n) is 15.8. The Kier molecular flexibility index (Phi) is 14.3. The number of carbonyl (C=O) groups is 2. The highest BCUT2D eigenvalue weighted by molar-refractivity contribution is 8.00. The van der Waals surface area contributed by atoms with Gasteiger partial charge in [-0.1, -0.05) is 68.4 Å². The van der Waals surface area contributed by atoms with Gasteiger partial charge in [-0.25, -0.2) is 9.48 Å². The lowest BCUT2D eigenvalue weighted by Crippen LogP contribution is -2.36. The number of ether oxygens (including phenoxy) is 2. The van der Waals surface area contributed by atoms with Crippen LogP contribution >= 0.6 is 11.8 Å². The average molecular weight is 601 g/mol. The summed E-state index contributed by atoms with van der Waals surface area (Å²) in [7, 11) is 0. The molecule has 2 aliphatic rings. The lowest BCUT2D eigenvalue weighted by molar-refractivity contribution is -0.121. The Morgan fingerprint density at radius 1 is 0.976 bits per heavy atom. The SMILES string of the molecule is O=C(CCCC[C@@H]1SC[C@@H]2NC(=O)N[C@@H]21)NCCCCCCCCCCOCc1cn(CCOc2ccccc2)nn1. The molecular formula is C31H48N6O4S. The first kappa shape index (κ1) is 32.1. The van der Waals surface area contributed by atoms with Gasteiger partial charge < -0.3 is 25.4 Å². The molecule has 232 valence electrons. The Labute approximate surface area is 254 Å². The molecule has 0 spiro atoms. The lowest BCUT2D eigenvalue weighted by atomic mass is 10.0. The van der Waals surface area contributed by atoms with Gasteiger partial charge in [0.25, 0.3) is 0 Å². The number of amides is 3. The molecule has 10 nitrogen and oxygen atoms in total. The van der Waals surface area contributed by atoms with Crippen molar-refractivity contribution in [2.45, 2.75) is 108 Å². The number of unbranched alkanes of at least 4 members (excludes halogenated alkanes) is 8. The van der Waals surface area contributed by atoms with Crippen LogP contribution in [0.4, 0.5) is 4.79 Å². The maximum atomic E-state index is 12.1. The number of nitrogens with zero attached hydrogens (tertiary/aromatic N) is 3. The fourth-order valence-corrected chi connectivity index (χ4v) is 6.99. The monoisotopic (exact) mass is 600 g/mol. The minimum absolute atomic E-state index is 0.0343. The molecule has 1 aromatic carbocycles. The number of thioether (sulfide) groups is 1. The molecule has 0 unspecified atom stereocenters. The fourth-order valence-electron chi connectivity index (χ4n) is 5.44. The molecule has 0 saturated carbocycles. The van der Waals surface area contributed by atoms with Gasteiger partial charge in [0.05, 0.1) is 31.4 Å². The number of hydrogen-bond donors (Lipinski definition) is 3. The van der Waals surface area contributed by atoms with Crippen molar-refractivity contribution in [3.8, 4) is 5.75 Å². The number of nitrogens with one attached hydrogen (secondary N) is 3. The highest BCUT2D eigenvalue weighted by atomic mass is 32.2. The quantitative estimate of drug-likeness (QED) is 0.131. The summed E-state index contributed by atoms with van der Waals surface area (Å²) in [6, 6.07) is 10.3. The van der Waals surface area contributed by atoms with Gasteiger partial charge in [-0.05, 0) is 37.8 Å². The Balaban J connectivity index is 0.868. The molecular weight excluding hydrogens is 552 g/mol. The highest BCUT2D eigenvalue weighted by Crippen LogP contribution is 2.33. The molecule has 2 aliphatic heterocycles. The van der Waals surface area contributed by atoms with Crippen LogP contribution in [0.3, 0.4) is 0 Å². The molecule has 2 fully saturated rings. The van der Waals surface area contributed by atoms with Gasteiger partial charge in [0.1, 0.15) is 18.1 Å². The summed E-state index contributed by atoms with van der Waals surface area (Å²) in [5.74, 6) is 2.02. The molecule has 0 bridgehead atoms. The van der Waals surface area contributed by atoms with E-state index < -0.39 is 0 Å². The summed E-state index contributed by atoms with van der Waals surface area (Å²) in [5, 5.41) is 17.9. The number of hydrogen-bond acceptors (Lipinski definition) is 7. The van der Waals surface area contributed by atoms with Crippen LogP contribution in [0, 0.1) is 0 Å². The van der Waals surface area contributed by atoms with E-state index in [-0.39, 0.29) is 24.0 Å². The molecule has 3 atom stereocenters. The second-order valence-electron chi connectivity index (χ2n) is 11.2. The Bertz CT molecular complexity index is 1060. The molecule has 2 saturated heterocycles.